The maximum atomic E-state index is 11.6. The van der Waals surface area contributed by atoms with Crippen LogP contribution in [0.15, 0.2) is 0 Å². The molecule has 0 bridgehead atoms. The van der Waals surface area contributed by atoms with Crippen LogP contribution in [-0.2, 0) is 10.0 Å². The van der Waals surface area contributed by atoms with Crippen molar-refractivity contribution in [3.8, 4) is 0 Å². The molecule has 1 fully saturated rings. The fraction of sp³-hybridized carbons (Fsp3) is 0.917. The Morgan fingerprint density at radius 2 is 1.95 bits per heavy atom. The minimum Gasteiger partial charge on any atom is -0.338 e. The average Bonchev–Trinajstić information content (AvgIpc) is 2.80. The SMILES string of the molecule is CCN(CCCNC(=O)NC1CCCC1)S(C)(=O)=O. The Kier molecular flexibility index (Phi) is 6.57. The number of urea groups is 1. The van der Waals surface area contributed by atoms with Gasteiger partial charge in [0.2, 0.25) is 10.0 Å². The molecule has 1 saturated carbocycles. The molecule has 1 aliphatic rings. The lowest BCUT2D eigenvalue weighted by molar-refractivity contribution is 0.236. The molecular weight excluding hydrogens is 266 g/mol. The highest BCUT2D eigenvalue weighted by Gasteiger charge is 2.17. The maximum Gasteiger partial charge on any atom is 0.315 e. The van der Waals surface area contributed by atoms with Gasteiger partial charge < -0.3 is 10.6 Å². The predicted octanol–water partition coefficient (Wildman–Crippen LogP) is 0.900. The zero-order chi connectivity index (χ0) is 14.3. The van der Waals surface area contributed by atoms with Crippen molar-refractivity contribution in [3.05, 3.63) is 0 Å². The normalized spacial score (nSPS) is 16.8. The average molecular weight is 291 g/mol. The summed E-state index contributed by atoms with van der Waals surface area (Å²) in [4.78, 5) is 11.6. The molecule has 112 valence electrons. The first-order valence-electron chi connectivity index (χ1n) is 6.93. The number of hydrogen-bond donors (Lipinski definition) is 2. The molecule has 0 unspecified atom stereocenters. The largest absolute Gasteiger partial charge is 0.338 e. The van der Waals surface area contributed by atoms with Crippen LogP contribution in [0.1, 0.15) is 39.0 Å². The molecule has 0 heterocycles. The molecular formula is C12H25N3O3S. The van der Waals surface area contributed by atoms with Gasteiger partial charge in [0, 0.05) is 25.7 Å². The first kappa shape index (κ1) is 16.2. The van der Waals surface area contributed by atoms with Gasteiger partial charge in [0.1, 0.15) is 0 Å². The predicted molar refractivity (Wildman–Crippen MR) is 75.5 cm³/mol. The highest BCUT2D eigenvalue weighted by Crippen LogP contribution is 2.17. The van der Waals surface area contributed by atoms with Crippen molar-refractivity contribution in [2.24, 2.45) is 0 Å². The zero-order valence-electron chi connectivity index (χ0n) is 11.8. The second-order valence-corrected chi connectivity index (χ2v) is 6.97. The van der Waals surface area contributed by atoms with E-state index in [0.717, 1.165) is 12.8 Å². The summed E-state index contributed by atoms with van der Waals surface area (Å²) >= 11 is 0. The molecule has 0 aromatic rings. The van der Waals surface area contributed by atoms with Crippen molar-refractivity contribution >= 4 is 16.1 Å². The fourth-order valence-electron chi connectivity index (χ4n) is 2.32. The summed E-state index contributed by atoms with van der Waals surface area (Å²) < 4.78 is 24.1. The number of rotatable bonds is 7. The Bertz CT molecular complexity index is 378. The van der Waals surface area contributed by atoms with Crippen LogP contribution in [0.25, 0.3) is 0 Å². The third kappa shape index (κ3) is 6.24. The van der Waals surface area contributed by atoms with E-state index >= 15 is 0 Å². The van der Waals surface area contributed by atoms with Gasteiger partial charge in [0.25, 0.3) is 0 Å². The van der Waals surface area contributed by atoms with Crippen molar-refractivity contribution in [2.75, 3.05) is 25.9 Å². The minimum atomic E-state index is -3.13. The molecule has 0 aromatic carbocycles. The molecule has 0 radical (unpaired) electrons. The number of carbonyl (C=O) groups is 1. The summed E-state index contributed by atoms with van der Waals surface area (Å²) in [6, 6.07) is 0.164. The zero-order valence-corrected chi connectivity index (χ0v) is 12.6. The second-order valence-electron chi connectivity index (χ2n) is 4.99. The van der Waals surface area contributed by atoms with Crippen LogP contribution in [-0.4, -0.2) is 50.7 Å². The number of sulfonamides is 1. The van der Waals surface area contributed by atoms with Crippen LogP contribution in [0.5, 0.6) is 0 Å². The van der Waals surface area contributed by atoms with E-state index in [4.69, 9.17) is 0 Å². The van der Waals surface area contributed by atoms with Crippen LogP contribution in [0, 0.1) is 0 Å². The van der Waals surface area contributed by atoms with Gasteiger partial charge in [0.05, 0.1) is 6.26 Å². The van der Waals surface area contributed by atoms with Crippen LogP contribution >= 0.6 is 0 Å². The van der Waals surface area contributed by atoms with Crippen molar-refractivity contribution < 1.29 is 13.2 Å². The summed E-state index contributed by atoms with van der Waals surface area (Å²) in [6.45, 7) is 3.21. The Labute approximate surface area is 116 Å². The third-order valence-electron chi connectivity index (χ3n) is 3.38. The number of amides is 2. The van der Waals surface area contributed by atoms with E-state index in [0.29, 0.717) is 32.1 Å². The summed E-state index contributed by atoms with van der Waals surface area (Å²) in [5, 5.41) is 5.70. The summed E-state index contributed by atoms with van der Waals surface area (Å²) in [5.41, 5.74) is 0. The van der Waals surface area contributed by atoms with Gasteiger partial charge in [-0.25, -0.2) is 17.5 Å². The maximum absolute atomic E-state index is 11.6. The molecule has 0 saturated heterocycles. The van der Waals surface area contributed by atoms with Crippen LogP contribution in [0.2, 0.25) is 0 Å². The topological polar surface area (TPSA) is 78.5 Å². The summed E-state index contributed by atoms with van der Waals surface area (Å²) in [5.74, 6) is 0. The van der Waals surface area contributed by atoms with Gasteiger partial charge in [-0.15, -0.1) is 0 Å². The lowest BCUT2D eigenvalue weighted by Gasteiger charge is -2.18. The molecule has 0 aromatic heterocycles. The molecule has 19 heavy (non-hydrogen) atoms. The number of nitrogens with zero attached hydrogens (tertiary/aromatic N) is 1. The molecule has 1 aliphatic carbocycles. The van der Waals surface area contributed by atoms with Crippen molar-refractivity contribution in [1.82, 2.24) is 14.9 Å². The smallest absolute Gasteiger partial charge is 0.315 e. The molecule has 7 heteroatoms. The first-order chi connectivity index (χ1) is 8.93. The van der Waals surface area contributed by atoms with E-state index in [9.17, 15) is 13.2 Å². The molecule has 0 spiro atoms. The first-order valence-corrected chi connectivity index (χ1v) is 8.77. The lowest BCUT2D eigenvalue weighted by atomic mass is 10.2. The van der Waals surface area contributed by atoms with E-state index in [2.05, 4.69) is 10.6 Å². The van der Waals surface area contributed by atoms with Crippen LogP contribution < -0.4 is 10.6 Å². The Morgan fingerprint density at radius 3 is 2.47 bits per heavy atom. The van der Waals surface area contributed by atoms with Gasteiger partial charge in [-0.3, -0.25) is 0 Å². The van der Waals surface area contributed by atoms with E-state index in [1.807, 2.05) is 0 Å². The van der Waals surface area contributed by atoms with Crippen LogP contribution in [0.3, 0.4) is 0 Å². The van der Waals surface area contributed by atoms with Gasteiger partial charge in [0.15, 0.2) is 0 Å². The molecule has 0 aliphatic heterocycles. The highest BCUT2D eigenvalue weighted by molar-refractivity contribution is 7.88. The molecule has 1 rings (SSSR count). The number of nitrogens with one attached hydrogen (secondary N) is 2. The summed E-state index contributed by atoms with van der Waals surface area (Å²) in [6.07, 6.45) is 6.32. The molecule has 2 N–H and O–H groups in total. The Hall–Kier alpha value is -0.820. The van der Waals surface area contributed by atoms with Gasteiger partial charge in [-0.1, -0.05) is 19.8 Å². The monoisotopic (exact) mass is 291 g/mol. The van der Waals surface area contributed by atoms with Gasteiger partial charge in [-0.2, -0.15) is 0 Å². The minimum absolute atomic E-state index is 0.144. The van der Waals surface area contributed by atoms with E-state index in [-0.39, 0.29) is 6.03 Å². The summed E-state index contributed by atoms with van der Waals surface area (Å²) in [7, 11) is -3.13. The number of hydrogen-bond acceptors (Lipinski definition) is 3. The molecule has 6 nitrogen and oxygen atoms in total. The third-order valence-corrected chi connectivity index (χ3v) is 4.76. The van der Waals surface area contributed by atoms with Crippen molar-refractivity contribution in [3.63, 3.8) is 0 Å². The highest BCUT2D eigenvalue weighted by atomic mass is 32.2. The van der Waals surface area contributed by atoms with Gasteiger partial charge >= 0.3 is 6.03 Å². The quantitative estimate of drug-likeness (QED) is 0.684. The van der Waals surface area contributed by atoms with Gasteiger partial charge in [-0.05, 0) is 19.3 Å². The van der Waals surface area contributed by atoms with E-state index in [1.54, 1.807) is 6.92 Å². The van der Waals surface area contributed by atoms with E-state index in [1.165, 1.54) is 23.4 Å². The number of carbonyl (C=O) groups excluding carboxylic acids is 1. The van der Waals surface area contributed by atoms with Crippen molar-refractivity contribution in [1.29, 1.82) is 0 Å². The van der Waals surface area contributed by atoms with Crippen LogP contribution in [0.4, 0.5) is 4.79 Å². The standard InChI is InChI=1S/C12H25N3O3S/c1-3-15(19(2,17)18)10-6-9-13-12(16)14-11-7-4-5-8-11/h11H,3-10H2,1-2H3,(H2,13,14,16). The Balaban J connectivity index is 2.14. The molecule has 2 amide bonds. The fourth-order valence-corrected chi connectivity index (χ4v) is 3.25. The molecule has 0 atom stereocenters. The van der Waals surface area contributed by atoms with E-state index < -0.39 is 10.0 Å². The van der Waals surface area contributed by atoms with Crippen molar-refractivity contribution in [2.45, 2.75) is 45.1 Å². The second kappa shape index (κ2) is 7.69. The lowest BCUT2D eigenvalue weighted by Crippen LogP contribution is -2.42. The Morgan fingerprint density at radius 1 is 1.32 bits per heavy atom.